The lowest BCUT2D eigenvalue weighted by Gasteiger charge is -2.11. The first-order valence-corrected chi connectivity index (χ1v) is 7.46. The number of hydrogen-bond acceptors (Lipinski definition) is 4. The van der Waals surface area contributed by atoms with Crippen LogP contribution >= 0.6 is 0 Å². The Kier molecular flexibility index (Phi) is 6.75. The van der Waals surface area contributed by atoms with Crippen LogP contribution in [0, 0.1) is 0 Å². The molecular formula is C13H18O4S. The second-order valence-electron chi connectivity index (χ2n) is 4.08. The quantitative estimate of drug-likeness (QED) is 0.520. The van der Waals surface area contributed by atoms with Crippen molar-refractivity contribution in [3.63, 3.8) is 0 Å². The molecule has 0 aromatic heterocycles. The molecule has 5 heteroatoms. The van der Waals surface area contributed by atoms with E-state index in [0.717, 1.165) is 12.8 Å². The number of carbonyl (C=O) groups is 2. The van der Waals surface area contributed by atoms with Crippen molar-refractivity contribution >= 4 is 22.9 Å². The van der Waals surface area contributed by atoms with Gasteiger partial charge in [-0.3, -0.25) is 4.79 Å². The number of esters is 1. The second-order valence-corrected chi connectivity index (χ2v) is 5.77. The Morgan fingerprint density at radius 2 is 2.17 bits per heavy atom. The molecule has 1 unspecified atom stereocenters. The van der Waals surface area contributed by atoms with Crippen LogP contribution in [0.15, 0.2) is 23.8 Å². The van der Waals surface area contributed by atoms with Crippen molar-refractivity contribution in [3.8, 4) is 0 Å². The predicted octanol–water partition coefficient (Wildman–Crippen LogP) is 1.53. The molecule has 18 heavy (non-hydrogen) atoms. The third-order valence-electron chi connectivity index (χ3n) is 2.46. The van der Waals surface area contributed by atoms with Crippen molar-refractivity contribution in [2.45, 2.75) is 26.2 Å². The molecule has 0 saturated heterocycles. The van der Waals surface area contributed by atoms with E-state index < -0.39 is 11.2 Å². The molecule has 0 heterocycles. The van der Waals surface area contributed by atoms with Crippen LogP contribution < -0.4 is 0 Å². The van der Waals surface area contributed by atoms with E-state index in [9.17, 15) is 14.1 Å². The van der Waals surface area contributed by atoms with Crippen LogP contribution in [0.2, 0.25) is 0 Å². The van der Waals surface area contributed by atoms with Gasteiger partial charge in [0.25, 0.3) is 0 Å². The average molecular weight is 270 g/mol. The summed E-state index contributed by atoms with van der Waals surface area (Å²) in [5, 5.41) is 0. The van der Waals surface area contributed by atoms with Crippen molar-refractivity contribution < 1.29 is 18.9 Å². The topological polar surface area (TPSA) is 66.4 Å². The first kappa shape index (κ1) is 15.0. The fourth-order valence-electron chi connectivity index (χ4n) is 1.44. The highest BCUT2D eigenvalue weighted by atomic mass is 32.2. The normalized spacial score (nSPS) is 16.0. The summed E-state index contributed by atoms with van der Waals surface area (Å²) in [5.41, 5.74) is 0.566. The Labute approximate surface area is 110 Å². The van der Waals surface area contributed by atoms with Crippen molar-refractivity contribution in [1.82, 2.24) is 0 Å². The van der Waals surface area contributed by atoms with E-state index in [4.69, 9.17) is 4.74 Å². The van der Waals surface area contributed by atoms with Gasteiger partial charge in [-0.1, -0.05) is 18.2 Å². The third-order valence-corrected chi connectivity index (χ3v) is 3.74. The number of carbonyl (C=O) groups excluding carboxylic acids is 2. The average Bonchev–Trinajstić information content (AvgIpc) is 2.37. The molecule has 0 fully saturated rings. The van der Waals surface area contributed by atoms with E-state index in [2.05, 4.69) is 0 Å². The van der Waals surface area contributed by atoms with Crippen molar-refractivity contribution in [1.29, 1.82) is 0 Å². The summed E-state index contributed by atoms with van der Waals surface area (Å²) in [7, 11) is 0. The van der Waals surface area contributed by atoms with Crippen LogP contribution in [0.1, 0.15) is 26.2 Å². The van der Waals surface area contributed by atoms with Crippen LogP contribution in [0.25, 0.3) is 0 Å². The highest BCUT2D eigenvalue weighted by molar-refractivity contribution is 7.91. The minimum absolute atomic E-state index is 0.0258. The molecule has 0 bridgehead atoms. The molecule has 0 aromatic rings. The number of allylic oxidation sites excluding steroid dienone is 2. The standard InChI is InChI=1S/C13H18O4S/c1-11(14)7-9-18(16)10-8-17-13(15)12-5-3-2-4-6-12/h3,5-6H,2,4,7-10H2,1H3. The van der Waals surface area contributed by atoms with E-state index in [0.29, 0.717) is 17.7 Å². The minimum Gasteiger partial charge on any atom is -0.616 e. The van der Waals surface area contributed by atoms with Crippen LogP contribution in [0.5, 0.6) is 0 Å². The van der Waals surface area contributed by atoms with Gasteiger partial charge in [0, 0.05) is 0 Å². The van der Waals surface area contributed by atoms with Crippen molar-refractivity contribution in [2.24, 2.45) is 0 Å². The molecule has 100 valence electrons. The molecule has 0 spiro atoms. The Bertz CT molecular complexity index is 360. The minimum atomic E-state index is -1.10. The first-order valence-electron chi connectivity index (χ1n) is 5.98. The highest BCUT2D eigenvalue weighted by Crippen LogP contribution is 2.11. The SMILES string of the molecule is CC(=O)CC[S+]([O-])CCOC(=O)C1=CCCC=C1. The summed E-state index contributed by atoms with van der Waals surface area (Å²) >= 11 is -1.10. The summed E-state index contributed by atoms with van der Waals surface area (Å²) in [6, 6.07) is 0. The molecule has 0 radical (unpaired) electrons. The summed E-state index contributed by atoms with van der Waals surface area (Å²) in [6.07, 6.45) is 7.64. The lowest BCUT2D eigenvalue weighted by molar-refractivity contribution is -0.138. The summed E-state index contributed by atoms with van der Waals surface area (Å²) in [6.45, 7) is 1.60. The monoisotopic (exact) mass is 270 g/mol. The fourth-order valence-corrected chi connectivity index (χ4v) is 2.42. The zero-order valence-electron chi connectivity index (χ0n) is 10.5. The van der Waals surface area contributed by atoms with Gasteiger partial charge in [-0.25, -0.2) is 4.79 Å². The summed E-state index contributed by atoms with van der Waals surface area (Å²) in [4.78, 5) is 22.3. The van der Waals surface area contributed by atoms with Crippen molar-refractivity contribution in [2.75, 3.05) is 18.1 Å². The van der Waals surface area contributed by atoms with Gasteiger partial charge in [-0.05, 0) is 30.9 Å². The van der Waals surface area contributed by atoms with Gasteiger partial charge in [-0.15, -0.1) is 0 Å². The van der Waals surface area contributed by atoms with Crippen LogP contribution in [-0.4, -0.2) is 34.4 Å². The van der Waals surface area contributed by atoms with Gasteiger partial charge in [0.15, 0.2) is 0 Å². The van der Waals surface area contributed by atoms with Gasteiger partial charge >= 0.3 is 5.97 Å². The van der Waals surface area contributed by atoms with Crippen molar-refractivity contribution in [3.05, 3.63) is 23.8 Å². The maximum Gasteiger partial charge on any atom is 0.337 e. The lowest BCUT2D eigenvalue weighted by Crippen LogP contribution is -2.19. The van der Waals surface area contributed by atoms with Gasteiger partial charge < -0.3 is 9.29 Å². The number of hydrogen-bond donors (Lipinski definition) is 0. The Hall–Kier alpha value is -1.07. The Balaban J connectivity index is 2.17. The van der Waals surface area contributed by atoms with Gasteiger partial charge in [0.2, 0.25) is 0 Å². The Morgan fingerprint density at radius 3 is 2.78 bits per heavy atom. The van der Waals surface area contributed by atoms with E-state index in [1.165, 1.54) is 6.92 Å². The molecule has 1 rings (SSSR count). The molecule has 1 aliphatic carbocycles. The number of rotatable bonds is 7. The van der Waals surface area contributed by atoms with Gasteiger partial charge in [0.05, 0.1) is 12.0 Å². The number of ether oxygens (including phenoxy) is 1. The molecule has 0 N–H and O–H groups in total. The zero-order valence-corrected chi connectivity index (χ0v) is 11.3. The largest absolute Gasteiger partial charge is 0.616 e. The molecule has 0 amide bonds. The maximum absolute atomic E-state index is 11.6. The van der Waals surface area contributed by atoms with E-state index in [-0.39, 0.29) is 24.1 Å². The van der Waals surface area contributed by atoms with Crippen LogP contribution in [0.4, 0.5) is 0 Å². The second kappa shape index (κ2) is 8.11. The van der Waals surface area contributed by atoms with Crippen LogP contribution in [-0.2, 0) is 25.5 Å². The molecule has 4 nitrogen and oxygen atoms in total. The zero-order chi connectivity index (χ0) is 13.4. The lowest BCUT2D eigenvalue weighted by atomic mass is 10.1. The summed E-state index contributed by atoms with van der Waals surface area (Å²) < 4.78 is 16.5. The van der Waals surface area contributed by atoms with E-state index in [1.807, 2.05) is 12.2 Å². The number of Topliss-reactive ketones (excluding diaryl/α,β-unsaturated/α-hetero) is 1. The number of ketones is 1. The highest BCUT2D eigenvalue weighted by Gasteiger charge is 2.12. The molecule has 0 aromatic carbocycles. The molecule has 0 saturated carbocycles. The van der Waals surface area contributed by atoms with Gasteiger partial charge in [-0.2, -0.15) is 0 Å². The fraction of sp³-hybridized carbons (Fsp3) is 0.538. The third kappa shape index (κ3) is 6.02. The molecule has 0 aliphatic heterocycles. The van der Waals surface area contributed by atoms with Crippen LogP contribution in [0.3, 0.4) is 0 Å². The molecule has 1 atom stereocenters. The van der Waals surface area contributed by atoms with E-state index >= 15 is 0 Å². The molecular weight excluding hydrogens is 252 g/mol. The first-order chi connectivity index (χ1) is 8.59. The van der Waals surface area contributed by atoms with Gasteiger partial charge in [0.1, 0.15) is 23.9 Å². The summed E-state index contributed by atoms with van der Waals surface area (Å²) in [5.74, 6) is 0.290. The van der Waals surface area contributed by atoms with E-state index in [1.54, 1.807) is 6.08 Å². The smallest absolute Gasteiger partial charge is 0.337 e. The predicted molar refractivity (Wildman–Crippen MR) is 70.6 cm³/mol. The Morgan fingerprint density at radius 1 is 1.39 bits per heavy atom. The maximum atomic E-state index is 11.6. The molecule has 1 aliphatic rings.